The van der Waals surface area contributed by atoms with Gasteiger partial charge in [-0.1, -0.05) is 29.8 Å². The zero-order chi connectivity index (χ0) is 17.5. The van der Waals surface area contributed by atoms with Gasteiger partial charge in [0, 0.05) is 12.1 Å². The molecule has 0 aliphatic heterocycles. The number of hydrogen-bond donors (Lipinski definition) is 2. The van der Waals surface area contributed by atoms with Crippen LogP contribution in [0.3, 0.4) is 0 Å². The molecule has 0 saturated carbocycles. The van der Waals surface area contributed by atoms with Gasteiger partial charge in [0.2, 0.25) is 0 Å². The number of carbonyl (C=O) groups excluding carboxylic acids is 1. The molecule has 0 radical (unpaired) electrons. The van der Waals surface area contributed by atoms with Crippen LogP contribution in [0.15, 0.2) is 48.5 Å². The first-order chi connectivity index (χ1) is 11.4. The van der Waals surface area contributed by atoms with E-state index in [0.717, 1.165) is 11.1 Å². The predicted octanol–water partition coefficient (Wildman–Crippen LogP) is 3.42. The maximum absolute atomic E-state index is 12.2. The summed E-state index contributed by atoms with van der Waals surface area (Å²) in [5.74, 6) is -0.421. The van der Waals surface area contributed by atoms with Gasteiger partial charge in [0.1, 0.15) is 5.75 Å². The normalized spacial score (nSPS) is 11.6. The number of hydrogen-bond acceptors (Lipinski definition) is 3. The van der Waals surface area contributed by atoms with Crippen molar-refractivity contribution >= 4 is 17.6 Å². The second kappa shape index (κ2) is 8.15. The Morgan fingerprint density at radius 2 is 1.71 bits per heavy atom. The van der Waals surface area contributed by atoms with E-state index in [-0.39, 0.29) is 12.3 Å². The van der Waals surface area contributed by atoms with Crippen molar-refractivity contribution in [1.29, 1.82) is 0 Å². The molecule has 1 unspecified atom stereocenters. The lowest BCUT2D eigenvalue weighted by molar-refractivity contribution is -0.137. The van der Waals surface area contributed by atoms with E-state index in [2.05, 4.69) is 5.32 Å². The van der Waals surface area contributed by atoms with E-state index in [0.29, 0.717) is 17.9 Å². The van der Waals surface area contributed by atoms with Gasteiger partial charge in [0.05, 0.1) is 0 Å². The van der Waals surface area contributed by atoms with Crippen molar-refractivity contribution in [2.45, 2.75) is 32.8 Å². The molecule has 0 aliphatic rings. The molecule has 0 spiro atoms. The van der Waals surface area contributed by atoms with Gasteiger partial charge in [-0.25, -0.2) is 0 Å². The Labute approximate surface area is 141 Å². The highest BCUT2D eigenvalue weighted by molar-refractivity contribution is 5.94. The van der Waals surface area contributed by atoms with Gasteiger partial charge in [0.15, 0.2) is 6.10 Å². The van der Waals surface area contributed by atoms with Crippen molar-refractivity contribution in [1.82, 2.24) is 0 Å². The molecule has 0 heterocycles. The molecule has 1 amide bonds. The van der Waals surface area contributed by atoms with Crippen molar-refractivity contribution < 1.29 is 19.4 Å². The zero-order valence-electron chi connectivity index (χ0n) is 13.8. The summed E-state index contributed by atoms with van der Waals surface area (Å²) >= 11 is 0. The zero-order valence-corrected chi connectivity index (χ0v) is 13.8. The molecule has 2 rings (SSSR count). The largest absolute Gasteiger partial charge is 0.481 e. The molecule has 0 fully saturated rings. The Morgan fingerprint density at radius 3 is 2.29 bits per heavy atom. The molecule has 5 heteroatoms. The number of aliphatic carboxylic acids is 1. The molecule has 0 aromatic heterocycles. The molecule has 2 aromatic rings. The van der Waals surface area contributed by atoms with Crippen LogP contribution in [0.4, 0.5) is 5.69 Å². The van der Waals surface area contributed by atoms with E-state index >= 15 is 0 Å². The van der Waals surface area contributed by atoms with Gasteiger partial charge >= 0.3 is 5.97 Å². The number of aryl methyl sites for hydroxylation is 2. The number of nitrogens with one attached hydrogen (secondary N) is 1. The highest BCUT2D eigenvalue weighted by Gasteiger charge is 2.14. The molecule has 126 valence electrons. The second-order valence-corrected chi connectivity index (χ2v) is 5.65. The Morgan fingerprint density at radius 1 is 1.08 bits per heavy atom. The van der Waals surface area contributed by atoms with E-state index in [4.69, 9.17) is 9.84 Å². The van der Waals surface area contributed by atoms with Crippen molar-refractivity contribution in [3.63, 3.8) is 0 Å². The van der Waals surface area contributed by atoms with Crippen molar-refractivity contribution in [2.75, 3.05) is 5.32 Å². The number of amides is 1. The van der Waals surface area contributed by atoms with Crippen molar-refractivity contribution in [2.24, 2.45) is 0 Å². The minimum Gasteiger partial charge on any atom is -0.481 e. The second-order valence-electron chi connectivity index (χ2n) is 5.65. The van der Waals surface area contributed by atoms with E-state index in [1.54, 1.807) is 19.1 Å². The molecule has 2 aromatic carbocycles. The van der Waals surface area contributed by atoms with Crippen LogP contribution in [0.5, 0.6) is 5.75 Å². The number of anilines is 1. The van der Waals surface area contributed by atoms with Crippen molar-refractivity contribution in [3.05, 3.63) is 59.7 Å². The van der Waals surface area contributed by atoms with E-state index < -0.39 is 12.1 Å². The number of carboxylic acid groups (broad SMARTS) is 1. The minimum absolute atomic E-state index is 0.0904. The fraction of sp³-hybridized carbons (Fsp3) is 0.263. The number of rotatable bonds is 7. The third kappa shape index (κ3) is 5.43. The molecular formula is C19H21NO4. The Kier molecular flexibility index (Phi) is 5.95. The van der Waals surface area contributed by atoms with E-state index in [1.165, 1.54) is 0 Å². The summed E-state index contributed by atoms with van der Waals surface area (Å²) in [6.07, 6.45) is -0.0664. The van der Waals surface area contributed by atoms with E-state index in [1.807, 2.05) is 43.3 Å². The SMILES string of the molecule is Cc1ccc(OC(C)C(=O)Nc2ccc(CCC(=O)O)cc2)cc1. The van der Waals surface area contributed by atoms with Gasteiger partial charge in [0.25, 0.3) is 5.91 Å². The topological polar surface area (TPSA) is 75.6 Å². The monoisotopic (exact) mass is 327 g/mol. The lowest BCUT2D eigenvalue weighted by Gasteiger charge is -2.15. The molecular weight excluding hydrogens is 306 g/mol. The predicted molar refractivity (Wildman–Crippen MR) is 92.3 cm³/mol. The maximum Gasteiger partial charge on any atom is 0.303 e. The van der Waals surface area contributed by atoms with Crippen molar-refractivity contribution in [3.8, 4) is 5.75 Å². The third-order valence-corrected chi connectivity index (χ3v) is 3.55. The smallest absolute Gasteiger partial charge is 0.303 e. The number of ether oxygens (including phenoxy) is 1. The molecule has 0 bridgehead atoms. The lowest BCUT2D eigenvalue weighted by atomic mass is 10.1. The van der Waals surface area contributed by atoms with E-state index in [9.17, 15) is 9.59 Å². The van der Waals surface area contributed by atoms with Gasteiger partial charge in [-0.05, 0) is 50.1 Å². The van der Waals surface area contributed by atoms with Crippen LogP contribution < -0.4 is 10.1 Å². The summed E-state index contributed by atoms with van der Waals surface area (Å²) in [4.78, 5) is 22.7. The number of carboxylic acids is 1. The molecule has 0 aliphatic carbocycles. The highest BCUT2D eigenvalue weighted by atomic mass is 16.5. The third-order valence-electron chi connectivity index (χ3n) is 3.55. The molecule has 24 heavy (non-hydrogen) atoms. The van der Waals surface area contributed by atoms with Crippen LogP contribution in [0.1, 0.15) is 24.5 Å². The standard InChI is InChI=1S/C19H21NO4/c1-13-3-10-17(11-4-13)24-14(2)19(23)20-16-8-5-15(6-9-16)7-12-18(21)22/h3-6,8-11,14H,7,12H2,1-2H3,(H,20,23)(H,21,22). The van der Waals surface area contributed by atoms with Crippen LogP contribution in [-0.4, -0.2) is 23.1 Å². The highest BCUT2D eigenvalue weighted by Crippen LogP contribution is 2.15. The van der Waals surface area contributed by atoms with Gasteiger partial charge in [-0.15, -0.1) is 0 Å². The number of benzene rings is 2. The lowest BCUT2D eigenvalue weighted by Crippen LogP contribution is -2.30. The first-order valence-electron chi connectivity index (χ1n) is 7.79. The quantitative estimate of drug-likeness (QED) is 0.817. The molecule has 5 nitrogen and oxygen atoms in total. The fourth-order valence-corrected chi connectivity index (χ4v) is 2.12. The Hall–Kier alpha value is -2.82. The maximum atomic E-state index is 12.2. The average molecular weight is 327 g/mol. The summed E-state index contributed by atoms with van der Waals surface area (Å²) in [5, 5.41) is 11.5. The fourth-order valence-electron chi connectivity index (χ4n) is 2.12. The van der Waals surface area contributed by atoms with Crippen LogP contribution in [-0.2, 0) is 16.0 Å². The first-order valence-corrected chi connectivity index (χ1v) is 7.79. The van der Waals surface area contributed by atoms with Gasteiger partial charge in [-0.2, -0.15) is 0 Å². The Balaban J connectivity index is 1.88. The summed E-state index contributed by atoms with van der Waals surface area (Å²) in [6.45, 7) is 3.68. The average Bonchev–Trinajstić information content (AvgIpc) is 2.56. The molecule has 1 atom stereocenters. The van der Waals surface area contributed by atoms with Crippen LogP contribution in [0.2, 0.25) is 0 Å². The summed E-state index contributed by atoms with van der Waals surface area (Å²) < 4.78 is 5.61. The molecule has 0 saturated heterocycles. The Bertz CT molecular complexity index is 692. The summed E-state index contributed by atoms with van der Waals surface area (Å²) in [5.41, 5.74) is 2.69. The summed E-state index contributed by atoms with van der Waals surface area (Å²) in [6, 6.07) is 14.6. The van der Waals surface area contributed by atoms with Gasteiger partial charge < -0.3 is 15.2 Å². The van der Waals surface area contributed by atoms with Crippen LogP contribution in [0.25, 0.3) is 0 Å². The first kappa shape index (κ1) is 17.5. The minimum atomic E-state index is -0.825. The number of carbonyl (C=O) groups is 2. The summed E-state index contributed by atoms with van der Waals surface area (Å²) in [7, 11) is 0. The van der Waals surface area contributed by atoms with Crippen LogP contribution >= 0.6 is 0 Å². The molecule has 2 N–H and O–H groups in total. The van der Waals surface area contributed by atoms with Crippen LogP contribution in [0, 0.1) is 6.92 Å². The van der Waals surface area contributed by atoms with Gasteiger partial charge in [-0.3, -0.25) is 9.59 Å².